The average molecular weight is 259 g/mol. The molecule has 0 fully saturated rings. The summed E-state index contributed by atoms with van der Waals surface area (Å²) in [7, 11) is 0. The highest BCUT2D eigenvalue weighted by Crippen LogP contribution is 2.17. The van der Waals surface area contributed by atoms with Crippen LogP contribution in [0.15, 0.2) is 24.3 Å². The summed E-state index contributed by atoms with van der Waals surface area (Å²) in [5, 5.41) is 0.820. The maximum absolute atomic E-state index is 5.80. The van der Waals surface area contributed by atoms with Gasteiger partial charge in [-0.15, -0.1) is 0 Å². The summed E-state index contributed by atoms with van der Waals surface area (Å²) in [4.78, 5) is 0. The predicted octanol–water partition coefficient (Wildman–Crippen LogP) is 1.42. The zero-order valence-corrected chi connectivity index (χ0v) is 9.53. The van der Waals surface area contributed by atoms with Crippen LogP contribution < -0.4 is 16.2 Å². The molecule has 0 radical (unpaired) electrons. The van der Waals surface area contributed by atoms with Gasteiger partial charge in [0.15, 0.2) is 0 Å². The predicted molar refractivity (Wildman–Crippen MR) is 61.7 cm³/mol. The van der Waals surface area contributed by atoms with Crippen molar-refractivity contribution >= 4 is 15.9 Å². The van der Waals surface area contributed by atoms with E-state index in [1.807, 2.05) is 24.3 Å². The lowest BCUT2D eigenvalue weighted by atomic mass is 10.1. The lowest BCUT2D eigenvalue weighted by molar-refractivity contribution is 0.344. The monoisotopic (exact) mass is 258 g/mol. The second-order valence-corrected chi connectivity index (χ2v) is 3.75. The van der Waals surface area contributed by atoms with Gasteiger partial charge in [0.05, 0.1) is 6.61 Å². The maximum atomic E-state index is 5.80. The molecule has 0 aliphatic rings. The molecule has 1 unspecified atom stereocenters. The van der Waals surface area contributed by atoms with Crippen LogP contribution in [0.3, 0.4) is 0 Å². The zero-order valence-electron chi connectivity index (χ0n) is 7.95. The van der Waals surface area contributed by atoms with Crippen LogP contribution in [0.25, 0.3) is 0 Å². The fraction of sp³-hybridized carbons (Fsp3) is 0.400. The van der Waals surface area contributed by atoms with Gasteiger partial charge in [-0.3, -0.25) is 0 Å². The molecule has 0 aliphatic heterocycles. The van der Waals surface area contributed by atoms with Crippen molar-refractivity contribution < 1.29 is 4.74 Å². The zero-order chi connectivity index (χ0) is 10.4. The molecule has 1 aromatic rings. The van der Waals surface area contributed by atoms with Crippen molar-refractivity contribution in [2.24, 2.45) is 11.5 Å². The molecule has 0 saturated carbocycles. The van der Waals surface area contributed by atoms with Crippen molar-refractivity contribution in [2.75, 3.05) is 18.5 Å². The Morgan fingerprint density at radius 3 is 2.86 bits per heavy atom. The lowest BCUT2D eigenvalue weighted by Crippen LogP contribution is -2.20. The van der Waals surface area contributed by atoms with Gasteiger partial charge in [0.25, 0.3) is 0 Å². The number of hydrogen-bond donors (Lipinski definition) is 2. The van der Waals surface area contributed by atoms with Crippen molar-refractivity contribution in [1.29, 1.82) is 0 Å². The van der Waals surface area contributed by atoms with Crippen molar-refractivity contribution in [3.63, 3.8) is 0 Å². The molecule has 0 spiro atoms. The topological polar surface area (TPSA) is 61.3 Å². The van der Waals surface area contributed by atoms with Gasteiger partial charge in [0, 0.05) is 17.9 Å². The SMILES string of the molecule is NCC(N)c1cccc(OCCBr)c1. The van der Waals surface area contributed by atoms with Gasteiger partial charge in [0.2, 0.25) is 0 Å². The summed E-state index contributed by atoms with van der Waals surface area (Å²) in [5.74, 6) is 0.839. The summed E-state index contributed by atoms with van der Waals surface area (Å²) in [6, 6.07) is 7.62. The number of hydrogen-bond acceptors (Lipinski definition) is 3. The second kappa shape index (κ2) is 6.01. The molecule has 0 amide bonds. The third kappa shape index (κ3) is 3.29. The Bertz CT molecular complexity index is 281. The molecule has 0 heterocycles. The second-order valence-electron chi connectivity index (χ2n) is 2.95. The van der Waals surface area contributed by atoms with E-state index < -0.39 is 0 Å². The van der Waals surface area contributed by atoms with Crippen molar-refractivity contribution in [3.05, 3.63) is 29.8 Å². The van der Waals surface area contributed by atoms with Crippen molar-refractivity contribution in [3.8, 4) is 5.75 Å². The van der Waals surface area contributed by atoms with E-state index in [2.05, 4.69) is 15.9 Å². The summed E-state index contributed by atoms with van der Waals surface area (Å²) in [6.45, 7) is 1.10. The number of benzene rings is 1. The summed E-state index contributed by atoms with van der Waals surface area (Å²) in [6.07, 6.45) is 0. The van der Waals surface area contributed by atoms with E-state index in [0.29, 0.717) is 13.2 Å². The molecule has 3 nitrogen and oxygen atoms in total. The van der Waals surface area contributed by atoms with E-state index in [4.69, 9.17) is 16.2 Å². The van der Waals surface area contributed by atoms with E-state index in [-0.39, 0.29) is 6.04 Å². The number of alkyl halides is 1. The molecule has 1 atom stereocenters. The van der Waals surface area contributed by atoms with Crippen LogP contribution in [0.2, 0.25) is 0 Å². The third-order valence-corrected chi connectivity index (χ3v) is 2.21. The maximum Gasteiger partial charge on any atom is 0.119 e. The molecule has 0 saturated heterocycles. The van der Waals surface area contributed by atoms with Gasteiger partial charge >= 0.3 is 0 Å². The van der Waals surface area contributed by atoms with Crippen molar-refractivity contribution in [1.82, 2.24) is 0 Å². The Balaban J connectivity index is 2.68. The molecule has 4 N–H and O–H groups in total. The van der Waals surface area contributed by atoms with Crippen LogP contribution in [0.1, 0.15) is 11.6 Å². The summed E-state index contributed by atoms with van der Waals surface area (Å²) < 4.78 is 5.45. The van der Waals surface area contributed by atoms with E-state index >= 15 is 0 Å². The smallest absolute Gasteiger partial charge is 0.119 e. The Morgan fingerprint density at radius 1 is 1.43 bits per heavy atom. The average Bonchev–Trinajstić information content (AvgIpc) is 2.25. The molecule has 0 aromatic heterocycles. The van der Waals surface area contributed by atoms with Gasteiger partial charge in [-0.05, 0) is 17.7 Å². The number of halogens is 1. The minimum Gasteiger partial charge on any atom is -0.493 e. The fourth-order valence-corrected chi connectivity index (χ4v) is 1.29. The molecule has 4 heteroatoms. The normalized spacial score (nSPS) is 12.5. The molecule has 0 aliphatic carbocycles. The van der Waals surface area contributed by atoms with E-state index in [1.54, 1.807) is 0 Å². The Hall–Kier alpha value is -0.580. The van der Waals surface area contributed by atoms with E-state index in [9.17, 15) is 0 Å². The molecular weight excluding hydrogens is 244 g/mol. The first-order chi connectivity index (χ1) is 6.77. The quantitative estimate of drug-likeness (QED) is 0.786. The number of nitrogens with two attached hydrogens (primary N) is 2. The molecule has 78 valence electrons. The van der Waals surface area contributed by atoms with Gasteiger partial charge in [-0.25, -0.2) is 0 Å². The molecule has 14 heavy (non-hydrogen) atoms. The highest BCUT2D eigenvalue weighted by atomic mass is 79.9. The minimum absolute atomic E-state index is 0.109. The van der Waals surface area contributed by atoms with E-state index in [1.165, 1.54) is 0 Å². The fourth-order valence-electron chi connectivity index (χ4n) is 1.13. The first kappa shape index (κ1) is 11.5. The molecular formula is C10H15BrN2O. The molecule has 1 aromatic carbocycles. The minimum atomic E-state index is -0.109. The standard InChI is InChI=1S/C10H15BrN2O/c11-4-5-14-9-3-1-2-8(6-9)10(13)7-12/h1-3,6,10H,4-5,7,12-13H2. The number of ether oxygens (including phenoxy) is 1. The Kier molecular flexibility index (Phi) is 4.93. The van der Waals surface area contributed by atoms with Gasteiger partial charge in [-0.2, -0.15) is 0 Å². The lowest BCUT2D eigenvalue weighted by Gasteiger charge is -2.11. The van der Waals surface area contributed by atoms with Crippen LogP contribution in [-0.2, 0) is 0 Å². The van der Waals surface area contributed by atoms with Gasteiger partial charge in [0.1, 0.15) is 5.75 Å². The largest absolute Gasteiger partial charge is 0.493 e. The van der Waals surface area contributed by atoms with E-state index in [0.717, 1.165) is 16.6 Å². The molecule has 1 rings (SSSR count). The van der Waals surface area contributed by atoms with Crippen LogP contribution in [0, 0.1) is 0 Å². The molecule has 0 bridgehead atoms. The van der Waals surface area contributed by atoms with Crippen LogP contribution in [0.4, 0.5) is 0 Å². The first-order valence-electron chi connectivity index (χ1n) is 4.52. The van der Waals surface area contributed by atoms with Crippen LogP contribution >= 0.6 is 15.9 Å². The summed E-state index contributed by atoms with van der Waals surface area (Å²) >= 11 is 3.30. The Labute approximate surface area is 92.6 Å². The highest BCUT2D eigenvalue weighted by Gasteiger charge is 2.04. The highest BCUT2D eigenvalue weighted by molar-refractivity contribution is 9.09. The first-order valence-corrected chi connectivity index (χ1v) is 5.64. The van der Waals surface area contributed by atoms with Crippen LogP contribution in [0.5, 0.6) is 5.75 Å². The van der Waals surface area contributed by atoms with Gasteiger partial charge < -0.3 is 16.2 Å². The van der Waals surface area contributed by atoms with Crippen molar-refractivity contribution in [2.45, 2.75) is 6.04 Å². The Morgan fingerprint density at radius 2 is 2.21 bits per heavy atom. The van der Waals surface area contributed by atoms with Gasteiger partial charge in [-0.1, -0.05) is 28.1 Å². The third-order valence-electron chi connectivity index (χ3n) is 1.89. The van der Waals surface area contributed by atoms with Crippen LogP contribution in [-0.4, -0.2) is 18.5 Å². The summed E-state index contributed by atoms with van der Waals surface area (Å²) in [5.41, 5.74) is 12.3. The number of rotatable bonds is 5.